The number of amides is 2. The highest BCUT2D eigenvalue weighted by Crippen LogP contribution is 2.30. The van der Waals surface area contributed by atoms with E-state index in [0.717, 1.165) is 31.8 Å². The highest BCUT2D eigenvalue weighted by molar-refractivity contribution is 6.04. The van der Waals surface area contributed by atoms with E-state index < -0.39 is 35.6 Å². The van der Waals surface area contributed by atoms with E-state index in [4.69, 9.17) is 21.9 Å². The summed E-state index contributed by atoms with van der Waals surface area (Å²) >= 11 is 0. The molecule has 8 N–H and O–H groups in total. The predicted molar refractivity (Wildman–Crippen MR) is 150 cm³/mol. The first-order chi connectivity index (χ1) is 19.4. The third-order valence-corrected chi connectivity index (χ3v) is 6.99. The summed E-state index contributed by atoms with van der Waals surface area (Å²) in [6.45, 7) is 3.23. The topological polar surface area (TPSA) is 158 Å². The molecular weight excluding hydrogens is 539 g/mol. The molecule has 13 heteroatoms. The van der Waals surface area contributed by atoms with Gasteiger partial charge in [0.25, 0.3) is 0 Å². The maximum Gasteiger partial charge on any atom is 0.416 e. The number of benzene rings is 2. The van der Waals surface area contributed by atoms with Crippen LogP contribution in [0.4, 0.5) is 18.9 Å². The van der Waals surface area contributed by atoms with E-state index >= 15 is 0 Å². The molecule has 2 atom stereocenters. The first-order valence-corrected chi connectivity index (χ1v) is 13.5. The van der Waals surface area contributed by atoms with Gasteiger partial charge in [-0.15, -0.1) is 0 Å². The second kappa shape index (κ2) is 14.4. The Morgan fingerprint density at radius 2 is 1.68 bits per heavy atom. The summed E-state index contributed by atoms with van der Waals surface area (Å²) in [7, 11) is 2.05. The van der Waals surface area contributed by atoms with Crippen molar-refractivity contribution in [3.8, 4) is 5.75 Å². The first kappa shape index (κ1) is 32.0. The van der Waals surface area contributed by atoms with Crippen molar-refractivity contribution in [1.29, 1.82) is 0 Å². The molecule has 10 nitrogen and oxygen atoms in total. The summed E-state index contributed by atoms with van der Waals surface area (Å²) in [6, 6.07) is 9.46. The Morgan fingerprint density at radius 1 is 1.02 bits per heavy atom. The van der Waals surface area contributed by atoms with Gasteiger partial charge in [0.05, 0.1) is 38.3 Å². The van der Waals surface area contributed by atoms with E-state index in [9.17, 15) is 22.8 Å². The van der Waals surface area contributed by atoms with Crippen molar-refractivity contribution >= 4 is 23.3 Å². The molecule has 2 aromatic carbocycles. The molecule has 0 fully saturated rings. The van der Waals surface area contributed by atoms with E-state index in [0.29, 0.717) is 47.4 Å². The molecule has 0 radical (unpaired) electrons. The van der Waals surface area contributed by atoms with Gasteiger partial charge in [0.15, 0.2) is 0 Å². The first-order valence-electron chi connectivity index (χ1n) is 13.5. The number of hydrogen-bond acceptors (Lipinski definition) is 7. The Kier molecular flexibility index (Phi) is 11.2. The molecule has 0 saturated heterocycles. The van der Waals surface area contributed by atoms with Crippen LogP contribution in [0.25, 0.3) is 0 Å². The molecule has 2 amide bonds. The lowest BCUT2D eigenvalue weighted by Crippen LogP contribution is -2.54. The second-order valence-electron chi connectivity index (χ2n) is 10.4. The van der Waals surface area contributed by atoms with Crippen LogP contribution in [0.2, 0.25) is 0 Å². The van der Waals surface area contributed by atoms with E-state index in [1.807, 2.05) is 7.05 Å². The number of amidine groups is 1. The number of fused-ring (bicyclic) bond motifs is 1. The standard InChI is InChI=1S/C28H38F3N7O3/c1-38(15-12-32,16-13-33)14-4-5-21(34)26(39)36-23(17-19-8-10-20(11-9-19)28(29,30)31)27(40)37-25-18-41-24-7-3-2-6-22(24)35-25/h2-3,6-11,21,23H,4-5,12-18,32-34H2,1H3,(H-,35,36,37,39,40)/p+1/t21-,23+/m0/s1. The average molecular weight is 579 g/mol. The zero-order chi connectivity index (χ0) is 30.0. The molecule has 224 valence electrons. The maximum absolute atomic E-state index is 13.3. The Morgan fingerprint density at radius 3 is 2.32 bits per heavy atom. The lowest BCUT2D eigenvalue weighted by molar-refractivity contribution is -0.907. The molecule has 1 heterocycles. The van der Waals surface area contributed by atoms with Crippen LogP contribution in [0, 0.1) is 0 Å². The van der Waals surface area contributed by atoms with Gasteiger partial charge < -0.3 is 37.1 Å². The largest absolute Gasteiger partial charge is 0.483 e. The van der Waals surface area contributed by atoms with Crippen molar-refractivity contribution < 1.29 is 32.0 Å². The number of nitrogens with one attached hydrogen (secondary N) is 2. The Labute approximate surface area is 237 Å². The molecule has 0 aliphatic carbocycles. The van der Waals surface area contributed by atoms with Crippen molar-refractivity contribution in [1.82, 2.24) is 10.6 Å². The van der Waals surface area contributed by atoms with Gasteiger partial charge >= 0.3 is 6.18 Å². The monoisotopic (exact) mass is 578 g/mol. The molecule has 1 aliphatic rings. The number of carbonyl (C=O) groups is 2. The van der Waals surface area contributed by atoms with E-state index in [-0.39, 0.29) is 18.9 Å². The van der Waals surface area contributed by atoms with Gasteiger partial charge in [0.2, 0.25) is 11.8 Å². The molecule has 1 aliphatic heterocycles. The number of halogens is 3. The molecule has 0 saturated carbocycles. The summed E-state index contributed by atoms with van der Waals surface area (Å²) in [5.41, 5.74) is 17.8. The summed E-state index contributed by atoms with van der Waals surface area (Å²) in [5, 5.41) is 5.35. The number of ether oxygens (including phenoxy) is 1. The normalized spacial score (nSPS) is 14.8. The minimum atomic E-state index is -4.49. The highest BCUT2D eigenvalue weighted by atomic mass is 19.4. The number of nitrogens with zero attached hydrogens (tertiary/aromatic N) is 2. The van der Waals surface area contributed by atoms with Crippen LogP contribution in [0.15, 0.2) is 53.5 Å². The smallest absolute Gasteiger partial charge is 0.416 e. The van der Waals surface area contributed by atoms with Crippen molar-refractivity contribution in [3.05, 3.63) is 59.7 Å². The minimum absolute atomic E-state index is 0.00578. The fraction of sp³-hybridized carbons (Fsp3) is 0.464. The number of likely N-dealkylation sites (N-methyl/N-ethyl adjacent to an activating group) is 1. The third-order valence-electron chi connectivity index (χ3n) is 6.99. The molecule has 41 heavy (non-hydrogen) atoms. The van der Waals surface area contributed by atoms with E-state index in [2.05, 4.69) is 15.6 Å². The van der Waals surface area contributed by atoms with Crippen LogP contribution >= 0.6 is 0 Å². The zero-order valence-electron chi connectivity index (χ0n) is 23.1. The van der Waals surface area contributed by atoms with Crippen LogP contribution < -0.4 is 32.6 Å². The van der Waals surface area contributed by atoms with Crippen LogP contribution in [-0.4, -0.2) is 80.6 Å². The SMILES string of the molecule is C[N+](CCN)(CCN)CCC[C@H](N)C(=O)N[C@H](Cc1ccc(C(F)(F)F)cc1)C(=O)NC1=Nc2ccccc2OC1. The summed E-state index contributed by atoms with van der Waals surface area (Å²) < 4.78 is 45.4. The number of quaternary nitrogens is 1. The van der Waals surface area contributed by atoms with Gasteiger partial charge in [-0.2, -0.15) is 13.2 Å². The number of nitrogens with two attached hydrogens (primary N) is 3. The van der Waals surface area contributed by atoms with Gasteiger partial charge in [-0.3, -0.25) is 9.59 Å². The molecular formula is C28H39F3N7O3+. The lowest BCUT2D eigenvalue weighted by Gasteiger charge is -2.34. The minimum Gasteiger partial charge on any atom is -0.483 e. The third kappa shape index (κ3) is 9.52. The van der Waals surface area contributed by atoms with Crippen molar-refractivity contribution in [2.75, 3.05) is 46.4 Å². The second-order valence-corrected chi connectivity index (χ2v) is 10.4. The molecule has 2 aromatic rings. The number of aliphatic imine (C=N–C) groups is 1. The number of para-hydroxylation sites is 2. The summed E-state index contributed by atoms with van der Waals surface area (Å²) in [6.07, 6.45) is -3.56. The van der Waals surface area contributed by atoms with Crippen LogP contribution in [0.5, 0.6) is 5.75 Å². The quantitative estimate of drug-likeness (QED) is 0.226. The highest BCUT2D eigenvalue weighted by Gasteiger charge is 2.31. The predicted octanol–water partition coefficient (Wildman–Crippen LogP) is 1.44. The number of alkyl halides is 3. The Balaban J connectivity index is 1.70. The molecule has 0 unspecified atom stereocenters. The zero-order valence-corrected chi connectivity index (χ0v) is 23.1. The fourth-order valence-electron chi connectivity index (χ4n) is 4.63. The number of hydrogen-bond donors (Lipinski definition) is 5. The average Bonchev–Trinajstić information content (AvgIpc) is 2.92. The number of carbonyl (C=O) groups excluding carboxylic acids is 2. The molecule has 0 bridgehead atoms. The van der Waals surface area contributed by atoms with Gasteiger partial charge in [0, 0.05) is 19.5 Å². The van der Waals surface area contributed by atoms with E-state index in [1.54, 1.807) is 24.3 Å². The van der Waals surface area contributed by atoms with Gasteiger partial charge in [-0.25, -0.2) is 4.99 Å². The van der Waals surface area contributed by atoms with Crippen LogP contribution in [0.3, 0.4) is 0 Å². The Hall–Kier alpha value is -3.52. The molecule has 0 spiro atoms. The Bertz CT molecular complexity index is 1200. The van der Waals surface area contributed by atoms with Gasteiger partial charge in [-0.1, -0.05) is 24.3 Å². The van der Waals surface area contributed by atoms with Gasteiger partial charge in [-0.05, 0) is 42.7 Å². The van der Waals surface area contributed by atoms with Gasteiger partial charge in [0.1, 0.15) is 29.9 Å². The van der Waals surface area contributed by atoms with Crippen molar-refractivity contribution in [3.63, 3.8) is 0 Å². The van der Waals surface area contributed by atoms with Crippen LogP contribution in [-0.2, 0) is 22.2 Å². The summed E-state index contributed by atoms with van der Waals surface area (Å²) in [5.74, 6) is -0.335. The van der Waals surface area contributed by atoms with Crippen LogP contribution in [0.1, 0.15) is 24.0 Å². The molecule has 0 aromatic heterocycles. The molecule has 3 rings (SSSR count). The van der Waals surface area contributed by atoms with Crippen molar-refractivity contribution in [2.45, 2.75) is 37.5 Å². The summed E-state index contributed by atoms with van der Waals surface area (Å²) in [4.78, 5) is 30.7. The van der Waals surface area contributed by atoms with E-state index in [1.165, 1.54) is 12.1 Å². The fourth-order valence-corrected chi connectivity index (χ4v) is 4.63. The van der Waals surface area contributed by atoms with Crippen molar-refractivity contribution in [2.24, 2.45) is 22.2 Å². The number of rotatable bonds is 13. The maximum atomic E-state index is 13.3. The lowest BCUT2D eigenvalue weighted by atomic mass is 10.0.